The number of carbonyl (C=O) groups excluding carboxylic acids is 4. The number of aromatic nitrogens is 1. The van der Waals surface area contributed by atoms with Gasteiger partial charge >= 0.3 is 11.9 Å². The lowest BCUT2D eigenvalue weighted by molar-refractivity contribution is -0.153. The van der Waals surface area contributed by atoms with Crippen molar-refractivity contribution < 1.29 is 33.5 Å². The fourth-order valence-electron chi connectivity index (χ4n) is 3.37. The van der Waals surface area contributed by atoms with Crippen LogP contribution in [0.25, 0.3) is 0 Å². The molecule has 3 heterocycles. The molecule has 1 saturated heterocycles. The van der Waals surface area contributed by atoms with Crippen molar-refractivity contribution in [2.45, 2.75) is 37.8 Å². The summed E-state index contributed by atoms with van der Waals surface area (Å²) in [4.78, 5) is 61.2. The molecule has 3 atom stereocenters. The van der Waals surface area contributed by atoms with Crippen LogP contribution in [-0.2, 0) is 33.5 Å². The summed E-state index contributed by atoms with van der Waals surface area (Å²) in [5, 5.41) is 11.0. The molecule has 0 aliphatic carbocycles. The molecule has 2 amide bonds. The third kappa shape index (κ3) is 5.54. The first-order chi connectivity index (χ1) is 17.3. The van der Waals surface area contributed by atoms with Gasteiger partial charge in [-0.2, -0.15) is 0 Å². The topological polar surface area (TPSA) is 149 Å². The maximum absolute atomic E-state index is 13.2. The van der Waals surface area contributed by atoms with Gasteiger partial charge in [-0.05, 0) is 18.9 Å². The first kappa shape index (κ1) is 27.2. The Bertz CT molecular complexity index is 1130. The van der Waals surface area contributed by atoms with E-state index in [9.17, 15) is 19.2 Å². The standard InChI is InChI=1S/C22H27N5O7S2/c1-6-7-8-12-9-35-19-15(18(29)27(19)16(12)21(31)33-5)25-17(28)14(13-10-36-22(23-3)24-13)26-34-11(2)20(30)32-4/h7-8,10-11,15,19H,6,9H2,1-5H3,(H,23,24)(H,25,28)/b8-7+,26-14-. The van der Waals surface area contributed by atoms with Crippen molar-refractivity contribution in [1.82, 2.24) is 15.2 Å². The first-order valence-electron chi connectivity index (χ1n) is 11.0. The van der Waals surface area contributed by atoms with E-state index < -0.39 is 41.3 Å². The van der Waals surface area contributed by atoms with Crippen LogP contribution in [0.4, 0.5) is 5.13 Å². The second-order valence-corrected chi connectivity index (χ2v) is 9.50. The van der Waals surface area contributed by atoms with Crippen LogP contribution < -0.4 is 10.6 Å². The molecule has 2 aliphatic rings. The van der Waals surface area contributed by atoms with E-state index in [1.165, 1.54) is 49.1 Å². The summed E-state index contributed by atoms with van der Waals surface area (Å²) in [7, 11) is 4.13. The number of esters is 2. The lowest BCUT2D eigenvalue weighted by Crippen LogP contribution is -2.71. The van der Waals surface area contributed by atoms with Gasteiger partial charge in [-0.3, -0.25) is 14.5 Å². The summed E-state index contributed by atoms with van der Waals surface area (Å²) in [5.41, 5.74) is 0.827. The number of thiazole rings is 1. The van der Waals surface area contributed by atoms with Gasteiger partial charge < -0.3 is 24.9 Å². The van der Waals surface area contributed by atoms with E-state index in [0.717, 1.165) is 6.42 Å². The monoisotopic (exact) mass is 537 g/mol. The van der Waals surface area contributed by atoms with Gasteiger partial charge in [0.1, 0.15) is 22.8 Å². The van der Waals surface area contributed by atoms with Crippen LogP contribution in [0.1, 0.15) is 26.0 Å². The Morgan fingerprint density at radius 3 is 2.69 bits per heavy atom. The number of β-lactam (4-membered cyclic amide) rings is 1. The maximum Gasteiger partial charge on any atom is 0.355 e. The number of methoxy groups -OCH3 is 2. The molecule has 194 valence electrons. The average molecular weight is 538 g/mol. The Morgan fingerprint density at radius 2 is 2.08 bits per heavy atom. The number of rotatable bonds is 10. The summed E-state index contributed by atoms with van der Waals surface area (Å²) >= 11 is 2.65. The predicted octanol–water partition coefficient (Wildman–Crippen LogP) is 1.26. The fraction of sp³-hybridized carbons (Fsp3) is 0.455. The molecule has 1 aromatic rings. The molecule has 12 nitrogen and oxygen atoms in total. The summed E-state index contributed by atoms with van der Waals surface area (Å²) in [6, 6.07) is -0.913. The van der Waals surface area contributed by atoms with E-state index in [2.05, 4.69) is 25.5 Å². The molecule has 1 aromatic heterocycles. The van der Waals surface area contributed by atoms with Crippen molar-refractivity contribution in [1.29, 1.82) is 0 Å². The molecule has 3 rings (SSSR count). The number of nitrogens with one attached hydrogen (secondary N) is 2. The van der Waals surface area contributed by atoms with Crippen LogP contribution in [-0.4, -0.2) is 83.9 Å². The van der Waals surface area contributed by atoms with E-state index in [-0.39, 0.29) is 17.1 Å². The largest absolute Gasteiger partial charge is 0.466 e. The van der Waals surface area contributed by atoms with Crippen LogP contribution >= 0.6 is 23.1 Å². The van der Waals surface area contributed by atoms with Gasteiger partial charge in [0.25, 0.3) is 11.8 Å². The normalized spacial score (nSPS) is 20.4. The van der Waals surface area contributed by atoms with E-state index in [0.29, 0.717) is 16.5 Å². The number of carbonyl (C=O) groups is 4. The molecule has 2 N–H and O–H groups in total. The van der Waals surface area contributed by atoms with Gasteiger partial charge in [0.05, 0.1) is 14.2 Å². The van der Waals surface area contributed by atoms with Crippen molar-refractivity contribution in [2.24, 2.45) is 5.16 Å². The van der Waals surface area contributed by atoms with Gasteiger partial charge in [-0.15, -0.1) is 23.1 Å². The van der Waals surface area contributed by atoms with E-state index in [4.69, 9.17) is 9.57 Å². The van der Waals surface area contributed by atoms with E-state index >= 15 is 0 Å². The molecular weight excluding hydrogens is 510 g/mol. The van der Waals surface area contributed by atoms with Gasteiger partial charge in [-0.25, -0.2) is 14.6 Å². The maximum atomic E-state index is 13.2. The number of nitrogens with zero attached hydrogens (tertiary/aromatic N) is 3. The highest BCUT2D eigenvalue weighted by atomic mass is 32.2. The number of anilines is 1. The molecule has 0 bridgehead atoms. The zero-order valence-corrected chi connectivity index (χ0v) is 22.0. The number of thioether (sulfide) groups is 1. The first-order valence-corrected chi connectivity index (χ1v) is 12.9. The van der Waals surface area contributed by atoms with Gasteiger partial charge in [0.2, 0.25) is 6.10 Å². The van der Waals surface area contributed by atoms with Gasteiger partial charge in [-0.1, -0.05) is 24.2 Å². The Morgan fingerprint density at radius 1 is 1.33 bits per heavy atom. The number of oxime groups is 1. The molecule has 0 spiro atoms. The van der Waals surface area contributed by atoms with E-state index in [1.807, 2.05) is 13.0 Å². The highest BCUT2D eigenvalue weighted by Gasteiger charge is 2.54. The number of hydrogen-bond acceptors (Lipinski definition) is 12. The van der Waals surface area contributed by atoms with Crippen LogP contribution in [0.3, 0.4) is 0 Å². The minimum Gasteiger partial charge on any atom is -0.466 e. The number of allylic oxidation sites excluding steroid dienone is 2. The molecule has 1 fully saturated rings. The Hall–Kier alpha value is -3.39. The molecule has 0 aromatic carbocycles. The Labute approximate surface area is 216 Å². The number of ether oxygens (including phenoxy) is 2. The second kappa shape index (κ2) is 12.0. The molecule has 3 unspecified atom stereocenters. The molecule has 0 radical (unpaired) electrons. The van der Waals surface area contributed by atoms with Crippen molar-refractivity contribution in [3.63, 3.8) is 0 Å². The lowest BCUT2D eigenvalue weighted by atomic mass is 10.0. The van der Waals surface area contributed by atoms with Crippen molar-refractivity contribution in [2.75, 3.05) is 32.3 Å². The zero-order valence-electron chi connectivity index (χ0n) is 20.4. The number of fused-ring (bicyclic) bond motifs is 1. The molecule has 36 heavy (non-hydrogen) atoms. The van der Waals surface area contributed by atoms with Crippen LogP contribution in [0, 0.1) is 0 Å². The quantitative estimate of drug-likeness (QED) is 0.193. The summed E-state index contributed by atoms with van der Waals surface area (Å²) < 4.78 is 9.51. The highest BCUT2D eigenvalue weighted by Crippen LogP contribution is 2.41. The third-order valence-corrected chi connectivity index (χ3v) is 7.39. The summed E-state index contributed by atoms with van der Waals surface area (Å²) in [6.45, 7) is 3.38. The number of amides is 2. The minimum absolute atomic E-state index is 0.170. The average Bonchev–Trinajstić information content (AvgIpc) is 3.37. The molecular formula is C22H27N5O7S2. The Balaban J connectivity index is 1.84. The van der Waals surface area contributed by atoms with Crippen LogP contribution in [0.15, 0.2) is 34.0 Å². The van der Waals surface area contributed by atoms with Crippen molar-refractivity contribution in [3.05, 3.63) is 34.5 Å². The van der Waals surface area contributed by atoms with Crippen LogP contribution in [0.2, 0.25) is 0 Å². The molecule has 2 aliphatic heterocycles. The van der Waals surface area contributed by atoms with Crippen molar-refractivity contribution in [3.8, 4) is 0 Å². The molecule has 0 saturated carbocycles. The second-order valence-electron chi connectivity index (χ2n) is 7.54. The Kier molecular flexibility index (Phi) is 9.09. The smallest absolute Gasteiger partial charge is 0.355 e. The summed E-state index contributed by atoms with van der Waals surface area (Å²) in [6.07, 6.45) is 3.40. The predicted molar refractivity (Wildman–Crippen MR) is 134 cm³/mol. The molecule has 14 heteroatoms. The number of hydrogen-bond donors (Lipinski definition) is 2. The third-order valence-electron chi connectivity index (χ3n) is 5.23. The minimum atomic E-state index is -1.07. The highest BCUT2D eigenvalue weighted by molar-refractivity contribution is 8.00. The van der Waals surface area contributed by atoms with Crippen molar-refractivity contribution >= 4 is 57.7 Å². The van der Waals surface area contributed by atoms with E-state index in [1.54, 1.807) is 18.5 Å². The van der Waals surface area contributed by atoms with Gasteiger partial charge in [0, 0.05) is 18.2 Å². The fourth-order valence-corrected chi connectivity index (χ4v) is 5.34. The zero-order chi connectivity index (χ0) is 26.4. The lowest BCUT2D eigenvalue weighted by Gasteiger charge is -2.49. The van der Waals surface area contributed by atoms with Gasteiger partial charge in [0.15, 0.2) is 10.8 Å². The SMILES string of the molecule is CC/C=C/C1=C(C(=O)OC)N2C(=O)C(NC(=O)/C(=N\OC(C)C(=O)OC)c3csc(NC)n3)C2SC1. The van der Waals surface area contributed by atoms with Crippen LogP contribution in [0.5, 0.6) is 0 Å². The summed E-state index contributed by atoms with van der Waals surface area (Å²) in [5.74, 6) is -2.02.